The van der Waals surface area contributed by atoms with Gasteiger partial charge in [0.1, 0.15) is 10.8 Å². The van der Waals surface area contributed by atoms with Gasteiger partial charge in [-0.15, -0.1) is 0 Å². The largest absolute Gasteiger partial charge is 0.346 e. The number of aromatic nitrogens is 3. The van der Waals surface area contributed by atoms with Crippen molar-refractivity contribution in [2.75, 3.05) is 4.72 Å². The first-order valence-corrected chi connectivity index (χ1v) is 8.78. The van der Waals surface area contributed by atoms with Gasteiger partial charge in [-0.3, -0.25) is 4.68 Å². The molecule has 0 bridgehead atoms. The fraction of sp³-hybridized carbons (Fsp3) is 0.200. The molecule has 0 saturated heterocycles. The van der Waals surface area contributed by atoms with Gasteiger partial charge >= 0.3 is 10.4 Å². The van der Waals surface area contributed by atoms with E-state index in [9.17, 15) is 8.76 Å². The van der Waals surface area contributed by atoms with Crippen LogP contribution in [0.25, 0.3) is 10.9 Å². The van der Waals surface area contributed by atoms with Crippen molar-refractivity contribution in [1.29, 1.82) is 0 Å². The zero-order valence-electron chi connectivity index (χ0n) is 12.9. The van der Waals surface area contributed by atoms with Gasteiger partial charge in [0.2, 0.25) is 4.90 Å². The van der Waals surface area contributed by atoms with E-state index in [0.717, 1.165) is 11.1 Å². The predicted molar refractivity (Wildman–Crippen MR) is 92.0 cm³/mol. The van der Waals surface area contributed by atoms with Crippen LogP contribution in [0.1, 0.15) is 11.4 Å². The van der Waals surface area contributed by atoms with Crippen LogP contribution in [-0.2, 0) is 21.7 Å². The summed E-state index contributed by atoms with van der Waals surface area (Å²) in [5, 5.41) is 5.37. The molecule has 0 radical (unpaired) electrons. The van der Waals surface area contributed by atoms with E-state index >= 15 is 0 Å². The SMILES string of the molecule is Cc1nn(C)c(C)c1N[S+](=O)(O)c1ccc2nc(Cl)ccc2c1. The van der Waals surface area contributed by atoms with Gasteiger partial charge in [-0.25, -0.2) is 4.98 Å². The van der Waals surface area contributed by atoms with Gasteiger partial charge in [0.15, 0.2) is 0 Å². The highest BCUT2D eigenvalue weighted by molar-refractivity contribution is 7.99. The van der Waals surface area contributed by atoms with Gasteiger partial charge < -0.3 is 0 Å². The first kappa shape index (κ1) is 15.9. The average molecular weight is 352 g/mol. The number of anilines is 1. The summed E-state index contributed by atoms with van der Waals surface area (Å²) in [6.07, 6.45) is 0. The molecule has 1 aromatic carbocycles. The molecule has 0 amide bonds. The Bertz CT molecular complexity index is 954. The van der Waals surface area contributed by atoms with E-state index in [-0.39, 0.29) is 4.90 Å². The van der Waals surface area contributed by atoms with Crippen molar-refractivity contribution < 1.29 is 8.76 Å². The second kappa shape index (κ2) is 5.59. The monoisotopic (exact) mass is 351 g/mol. The summed E-state index contributed by atoms with van der Waals surface area (Å²) in [6.45, 7) is 3.63. The number of pyridine rings is 1. The molecule has 0 aliphatic carbocycles. The van der Waals surface area contributed by atoms with Crippen LogP contribution in [0.3, 0.4) is 0 Å². The van der Waals surface area contributed by atoms with Gasteiger partial charge in [0, 0.05) is 24.6 Å². The molecule has 6 nitrogen and oxygen atoms in total. The molecular weight excluding hydrogens is 336 g/mol. The van der Waals surface area contributed by atoms with Crippen LogP contribution in [0.5, 0.6) is 0 Å². The maximum atomic E-state index is 12.7. The minimum Gasteiger partial charge on any atom is -0.270 e. The maximum Gasteiger partial charge on any atom is 0.346 e. The third-order valence-corrected chi connectivity index (χ3v) is 5.28. The highest BCUT2D eigenvalue weighted by atomic mass is 35.5. The molecule has 0 fully saturated rings. The van der Waals surface area contributed by atoms with Gasteiger partial charge in [-0.05, 0) is 36.3 Å². The van der Waals surface area contributed by atoms with Crippen molar-refractivity contribution in [3.63, 3.8) is 0 Å². The van der Waals surface area contributed by atoms with E-state index in [2.05, 4.69) is 14.8 Å². The van der Waals surface area contributed by atoms with E-state index in [1.165, 1.54) is 0 Å². The third kappa shape index (κ3) is 2.95. The van der Waals surface area contributed by atoms with Crippen LogP contribution in [0, 0.1) is 13.8 Å². The fourth-order valence-electron chi connectivity index (χ4n) is 2.37. The van der Waals surface area contributed by atoms with Gasteiger partial charge in [-0.2, -0.15) is 14.4 Å². The Morgan fingerprint density at radius 1 is 1.26 bits per heavy atom. The van der Waals surface area contributed by atoms with Crippen molar-refractivity contribution in [3.05, 3.63) is 46.9 Å². The molecule has 1 unspecified atom stereocenters. The maximum absolute atomic E-state index is 12.7. The molecule has 120 valence electrons. The number of fused-ring (bicyclic) bond motifs is 1. The third-order valence-electron chi connectivity index (χ3n) is 3.70. The number of benzene rings is 1. The fourth-order valence-corrected chi connectivity index (χ4v) is 3.75. The van der Waals surface area contributed by atoms with E-state index in [1.54, 1.807) is 49.0 Å². The zero-order valence-corrected chi connectivity index (χ0v) is 14.4. The summed E-state index contributed by atoms with van der Waals surface area (Å²) in [5.74, 6) is 0. The van der Waals surface area contributed by atoms with E-state index in [0.29, 0.717) is 22.1 Å². The number of nitrogens with zero attached hydrogens (tertiary/aromatic N) is 3. The molecule has 0 saturated carbocycles. The standard InChI is InChI=1S/C15H15ClN4O2S/c1-9-15(10(2)20(3)18-9)19-23(21,22)12-5-6-13-11(8-12)4-7-14(16)17-13/h4-8H,1-3H3,(H-,19,21,22)/p+1. The van der Waals surface area contributed by atoms with Crippen LogP contribution < -0.4 is 4.72 Å². The van der Waals surface area contributed by atoms with Crippen molar-refractivity contribution in [2.45, 2.75) is 18.7 Å². The average Bonchev–Trinajstić information content (AvgIpc) is 2.73. The summed E-state index contributed by atoms with van der Waals surface area (Å²) in [4.78, 5) is 4.45. The quantitative estimate of drug-likeness (QED) is 0.558. The second-order valence-corrected chi connectivity index (χ2v) is 7.40. The molecular formula is C15H16ClN4O2S+. The van der Waals surface area contributed by atoms with Crippen LogP contribution in [0.4, 0.5) is 5.69 Å². The number of halogens is 1. The van der Waals surface area contributed by atoms with E-state index in [4.69, 9.17) is 11.6 Å². The summed E-state index contributed by atoms with van der Waals surface area (Å²) in [6, 6.07) is 8.30. The van der Waals surface area contributed by atoms with Gasteiger partial charge in [-0.1, -0.05) is 11.6 Å². The normalized spacial score (nSPS) is 14.0. The molecule has 23 heavy (non-hydrogen) atoms. The molecule has 0 aliphatic rings. The summed E-state index contributed by atoms with van der Waals surface area (Å²) >= 11 is 5.85. The minimum absolute atomic E-state index is 0.275. The number of aryl methyl sites for hydroxylation is 2. The second-order valence-electron chi connectivity index (χ2n) is 5.29. The van der Waals surface area contributed by atoms with E-state index in [1.807, 2.05) is 6.92 Å². The van der Waals surface area contributed by atoms with Crippen LogP contribution in [0.2, 0.25) is 5.15 Å². The van der Waals surface area contributed by atoms with Crippen LogP contribution in [0.15, 0.2) is 35.2 Å². The lowest BCUT2D eigenvalue weighted by Crippen LogP contribution is -2.21. The molecule has 0 aliphatic heterocycles. The lowest BCUT2D eigenvalue weighted by Gasteiger charge is -2.08. The van der Waals surface area contributed by atoms with Crippen molar-refractivity contribution in [3.8, 4) is 0 Å². The molecule has 3 aromatic rings. The number of nitrogens with one attached hydrogen (secondary N) is 1. The lowest BCUT2D eigenvalue weighted by molar-refractivity contribution is 0.503. The Morgan fingerprint density at radius 2 is 2.00 bits per heavy atom. The number of rotatable bonds is 3. The smallest absolute Gasteiger partial charge is 0.270 e. The Kier molecular flexibility index (Phi) is 3.87. The number of hydrogen-bond acceptors (Lipinski definition) is 3. The van der Waals surface area contributed by atoms with Crippen LogP contribution in [-0.4, -0.2) is 19.3 Å². The molecule has 1 atom stereocenters. The Hall–Kier alpha value is -1.96. The zero-order chi connectivity index (χ0) is 16.8. The highest BCUT2D eigenvalue weighted by Gasteiger charge is 2.32. The molecule has 2 aromatic heterocycles. The molecule has 2 N–H and O–H groups in total. The highest BCUT2D eigenvalue weighted by Crippen LogP contribution is 2.27. The summed E-state index contributed by atoms with van der Waals surface area (Å²) in [5.41, 5.74) is 2.69. The summed E-state index contributed by atoms with van der Waals surface area (Å²) in [7, 11) is -1.67. The van der Waals surface area contributed by atoms with Gasteiger partial charge in [0.25, 0.3) is 0 Å². The van der Waals surface area contributed by atoms with Crippen LogP contribution >= 0.6 is 11.6 Å². The first-order valence-electron chi connectivity index (χ1n) is 6.89. The van der Waals surface area contributed by atoms with E-state index < -0.39 is 10.4 Å². The minimum atomic E-state index is -3.46. The first-order chi connectivity index (χ1) is 10.8. The topological polar surface area (TPSA) is 80.0 Å². The Morgan fingerprint density at radius 3 is 2.65 bits per heavy atom. The molecule has 8 heteroatoms. The molecule has 0 spiro atoms. The van der Waals surface area contributed by atoms with Crippen molar-refractivity contribution in [1.82, 2.24) is 14.8 Å². The molecule has 2 heterocycles. The van der Waals surface area contributed by atoms with Crippen molar-refractivity contribution in [2.24, 2.45) is 7.05 Å². The predicted octanol–water partition coefficient (Wildman–Crippen LogP) is 3.60. The van der Waals surface area contributed by atoms with Gasteiger partial charge in [0.05, 0.1) is 16.9 Å². The Balaban J connectivity index is 2.02. The summed E-state index contributed by atoms with van der Waals surface area (Å²) < 4.78 is 27.6. The molecule has 3 rings (SSSR count). The number of hydrogen-bond donors (Lipinski definition) is 2. The lowest BCUT2D eigenvalue weighted by atomic mass is 10.2. The Labute approximate surface area is 139 Å². The van der Waals surface area contributed by atoms with Crippen molar-refractivity contribution >= 4 is 38.6 Å².